The summed E-state index contributed by atoms with van der Waals surface area (Å²) in [6, 6.07) is 2.91. The topological polar surface area (TPSA) is 80.3 Å². The molecule has 0 saturated carbocycles. The molecule has 2 aromatic rings. The van der Waals surface area contributed by atoms with Crippen LogP contribution in [-0.2, 0) is 4.74 Å². The van der Waals surface area contributed by atoms with E-state index in [-0.39, 0.29) is 11.7 Å². The third kappa shape index (κ3) is 3.32. The normalized spacial score (nSPS) is 20.4. The fourth-order valence-electron chi connectivity index (χ4n) is 3.24. The van der Waals surface area contributed by atoms with Crippen molar-refractivity contribution in [3.8, 4) is 0 Å². The second-order valence-corrected chi connectivity index (χ2v) is 6.17. The molecule has 0 amide bonds. The van der Waals surface area contributed by atoms with E-state index in [2.05, 4.69) is 9.88 Å². The molecule has 2 heterocycles. The lowest BCUT2D eigenvalue weighted by Gasteiger charge is -2.20. The van der Waals surface area contributed by atoms with Gasteiger partial charge in [0.1, 0.15) is 6.04 Å². The summed E-state index contributed by atoms with van der Waals surface area (Å²) in [6.07, 6.45) is -0.687. The molecule has 5 N–H and O–H groups in total. The number of aromatic nitrogens is 1. The Balaban J connectivity index is 1.98. The third-order valence-electron chi connectivity index (χ3n) is 4.68. The van der Waals surface area contributed by atoms with Crippen molar-refractivity contribution in [2.75, 3.05) is 25.1 Å². The zero-order valence-corrected chi connectivity index (χ0v) is 13.8. The van der Waals surface area contributed by atoms with E-state index in [9.17, 15) is 13.2 Å². The van der Waals surface area contributed by atoms with Crippen LogP contribution in [0.5, 0.6) is 0 Å². The number of nitrogens with zero attached hydrogens (tertiary/aromatic N) is 1. The smallest absolute Gasteiger partial charge is 0.404 e. The highest BCUT2D eigenvalue weighted by Crippen LogP contribution is 2.34. The van der Waals surface area contributed by atoms with Gasteiger partial charge in [-0.1, -0.05) is 6.07 Å². The van der Waals surface area contributed by atoms with Gasteiger partial charge in [0.25, 0.3) is 0 Å². The number of ether oxygens (including phenoxy) is 1. The first kappa shape index (κ1) is 17.6. The highest BCUT2D eigenvalue weighted by Gasteiger charge is 2.39. The number of H-pyrrole nitrogens is 1. The minimum absolute atomic E-state index is 0.141. The van der Waals surface area contributed by atoms with Crippen LogP contribution in [0.1, 0.15) is 12.0 Å². The maximum atomic E-state index is 13.0. The van der Waals surface area contributed by atoms with E-state index in [1.165, 1.54) is 0 Å². The lowest BCUT2D eigenvalue weighted by atomic mass is 9.98. The average molecular weight is 354 g/mol. The molecule has 0 spiro atoms. The van der Waals surface area contributed by atoms with Gasteiger partial charge >= 0.3 is 6.18 Å². The van der Waals surface area contributed by atoms with Crippen LogP contribution in [0.3, 0.4) is 0 Å². The first-order valence-corrected chi connectivity index (χ1v) is 7.98. The van der Waals surface area contributed by atoms with Crippen LogP contribution in [0.25, 0.3) is 16.5 Å². The minimum atomic E-state index is -4.55. The molecule has 5 nitrogen and oxygen atoms in total. The Morgan fingerprint density at radius 1 is 1.44 bits per heavy atom. The second-order valence-electron chi connectivity index (χ2n) is 6.17. The molecule has 3 rings (SSSR count). The van der Waals surface area contributed by atoms with Crippen LogP contribution in [0, 0.1) is 0 Å². The van der Waals surface area contributed by atoms with Crippen LogP contribution in [0.2, 0.25) is 0 Å². The number of rotatable bonds is 4. The van der Waals surface area contributed by atoms with Crippen molar-refractivity contribution < 1.29 is 17.9 Å². The molecule has 2 atom stereocenters. The van der Waals surface area contributed by atoms with Crippen molar-refractivity contribution in [1.29, 1.82) is 0 Å². The quantitative estimate of drug-likeness (QED) is 0.788. The summed E-state index contributed by atoms with van der Waals surface area (Å²) < 4.78 is 44.3. The zero-order valence-electron chi connectivity index (χ0n) is 13.8. The Morgan fingerprint density at radius 2 is 2.20 bits per heavy atom. The van der Waals surface area contributed by atoms with Gasteiger partial charge in [0.15, 0.2) is 0 Å². The fraction of sp³-hybridized carbons (Fsp3) is 0.412. The first-order chi connectivity index (χ1) is 11.8. The van der Waals surface area contributed by atoms with E-state index in [1.54, 1.807) is 25.3 Å². The molecule has 136 valence electrons. The number of halogens is 3. The zero-order chi connectivity index (χ0) is 18.2. The van der Waals surface area contributed by atoms with Crippen LogP contribution in [0.15, 0.2) is 30.6 Å². The van der Waals surface area contributed by atoms with E-state index >= 15 is 0 Å². The molecule has 1 fully saturated rings. The maximum Gasteiger partial charge on any atom is 0.407 e. The van der Waals surface area contributed by atoms with Gasteiger partial charge in [-0.3, -0.25) is 0 Å². The SMILES string of the molecule is COC1CCN(c2c[nH]c3ccc(/C(=C/N)C(N)C(F)(F)F)cc23)C1. The number of aromatic amines is 1. The summed E-state index contributed by atoms with van der Waals surface area (Å²) in [5, 5.41) is 0.836. The van der Waals surface area contributed by atoms with Crippen molar-refractivity contribution in [2.24, 2.45) is 11.5 Å². The van der Waals surface area contributed by atoms with E-state index in [1.807, 2.05) is 6.20 Å². The number of nitrogens with two attached hydrogens (primary N) is 2. The molecular weight excluding hydrogens is 333 g/mol. The molecular formula is C17H21F3N4O. The Bertz CT molecular complexity index is 784. The summed E-state index contributed by atoms with van der Waals surface area (Å²) >= 11 is 0. The van der Waals surface area contributed by atoms with Gasteiger partial charge in [0.05, 0.1) is 11.8 Å². The van der Waals surface area contributed by atoms with Crippen LogP contribution < -0.4 is 16.4 Å². The van der Waals surface area contributed by atoms with Gasteiger partial charge in [-0.05, 0) is 30.3 Å². The summed E-state index contributed by atoms with van der Waals surface area (Å²) in [4.78, 5) is 5.31. The molecule has 0 aliphatic carbocycles. The standard InChI is InChI=1S/C17H21F3N4O/c1-25-11-4-5-24(9-11)15-8-23-14-3-2-10(6-12(14)15)13(7-21)16(22)17(18,19)20/h2-3,6-8,11,16,23H,4-5,9,21-22H2,1H3/b13-7-. The molecule has 25 heavy (non-hydrogen) atoms. The number of hydrogen-bond donors (Lipinski definition) is 3. The predicted octanol–water partition coefficient (Wildman–Crippen LogP) is 2.58. The molecule has 8 heteroatoms. The van der Waals surface area contributed by atoms with E-state index in [0.717, 1.165) is 42.3 Å². The van der Waals surface area contributed by atoms with Gasteiger partial charge in [-0.25, -0.2) is 0 Å². The number of alkyl halides is 3. The second kappa shape index (κ2) is 6.61. The fourth-order valence-corrected chi connectivity index (χ4v) is 3.24. The largest absolute Gasteiger partial charge is 0.407 e. The Hall–Kier alpha value is -2.19. The summed E-state index contributed by atoms with van der Waals surface area (Å²) in [5.41, 5.74) is 12.8. The average Bonchev–Trinajstić information content (AvgIpc) is 3.20. The van der Waals surface area contributed by atoms with E-state index in [0.29, 0.717) is 5.56 Å². The van der Waals surface area contributed by atoms with Crippen molar-refractivity contribution >= 4 is 22.2 Å². The Labute approximate surface area is 143 Å². The molecule has 1 aliphatic rings. The number of hydrogen-bond acceptors (Lipinski definition) is 4. The molecule has 1 saturated heterocycles. The Kier molecular flexibility index (Phi) is 4.66. The lowest BCUT2D eigenvalue weighted by Crippen LogP contribution is -2.38. The maximum absolute atomic E-state index is 13.0. The molecule has 0 radical (unpaired) electrons. The monoisotopic (exact) mass is 354 g/mol. The summed E-state index contributed by atoms with van der Waals surface area (Å²) in [6.45, 7) is 1.58. The van der Waals surface area contributed by atoms with Crippen molar-refractivity contribution in [3.63, 3.8) is 0 Å². The van der Waals surface area contributed by atoms with Gasteiger partial charge in [0, 0.05) is 42.9 Å². The lowest BCUT2D eigenvalue weighted by molar-refractivity contribution is -0.134. The van der Waals surface area contributed by atoms with Gasteiger partial charge < -0.3 is 26.1 Å². The number of fused-ring (bicyclic) bond motifs is 1. The van der Waals surface area contributed by atoms with Gasteiger partial charge in [0.2, 0.25) is 0 Å². The highest BCUT2D eigenvalue weighted by atomic mass is 19.4. The van der Waals surface area contributed by atoms with E-state index < -0.39 is 12.2 Å². The minimum Gasteiger partial charge on any atom is -0.404 e. The Morgan fingerprint density at radius 3 is 2.80 bits per heavy atom. The number of anilines is 1. The first-order valence-electron chi connectivity index (χ1n) is 7.98. The molecule has 1 aromatic carbocycles. The summed E-state index contributed by atoms with van der Waals surface area (Å²) in [7, 11) is 1.68. The van der Waals surface area contributed by atoms with Crippen LogP contribution >= 0.6 is 0 Å². The molecule has 2 unspecified atom stereocenters. The van der Waals surface area contributed by atoms with Crippen molar-refractivity contribution in [1.82, 2.24) is 4.98 Å². The number of methoxy groups -OCH3 is 1. The van der Waals surface area contributed by atoms with Crippen LogP contribution in [-0.4, -0.2) is 43.5 Å². The highest BCUT2D eigenvalue weighted by molar-refractivity contribution is 5.95. The van der Waals surface area contributed by atoms with E-state index in [4.69, 9.17) is 16.2 Å². The summed E-state index contributed by atoms with van der Waals surface area (Å²) in [5.74, 6) is 0. The number of nitrogens with one attached hydrogen (secondary N) is 1. The number of benzene rings is 1. The van der Waals surface area contributed by atoms with Crippen LogP contribution in [0.4, 0.5) is 18.9 Å². The molecule has 1 aliphatic heterocycles. The van der Waals surface area contributed by atoms with Crippen molar-refractivity contribution in [2.45, 2.75) is 24.7 Å². The van der Waals surface area contributed by atoms with Crippen molar-refractivity contribution in [3.05, 3.63) is 36.2 Å². The molecule has 1 aromatic heterocycles. The molecule has 0 bridgehead atoms. The third-order valence-corrected chi connectivity index (χ3v) is 4.68. The van der Waals surface area contributed by atoms with Gasteiger partial charge in [-0.2, -0.15) is 13.2 Å². The predicted molar refractivity (Wildman–Crippen MR) is 92.1 cm³/mol. The van der Waals surface area contributed by atoms with Gasteiger partial charge in [-0.15, -0.1) is 0 Å².